The lowest BCUT2D eigenvalue weighted by atomic mass is 9.87. The van der Waals surface area contributed by atoms with Gasteiger partial charge in [-0.2, -0.15) is 0 Å². The molecule has 4 aromatic heterocycles. The van der Waals surface area contributed by atoms with Crippen LogP contribution in [0.3, 0.4) is 0 Å². The molecule has 0 unspecified atom stereocenters. The van der Waals surface area contributed by atoms with Crippen LogP contribution in [-0.2, 0) is 22.3 Å². The van der Waals surface area contributed by atoms with E-state index in [2.05, 4.69) is 139 Å². The van der Waals surface area contributed by atoms with E-state index >= 15 is 0 Å². The first-order valence-electron chi connectivity index (χ1n) is 15.6. The number of hydrogen-bond acceptors (Lipinski definition) is 6. The van der Waals surface area contributed by atoms with Gasteiger partial charge in [-0.05, 0) is 92.7 Å². The Kier molecular flexibility index (Phi) is 9.91. The van der Waals surface area contributed by atoms with Crippen molar-refractivity contribution in [3.8, 4) is 32.3 Å². The molecule has 46 heavy (non-hydrogen) atoms. The predicted molar refractivity (Wildman–Crippen MR) is 203 cm³/mol. The zero-order chi connectivity index (χ0) is 32.3. The maximum Gasteiger partial charge on any atom is 0.0892 e. The van der Waals surface area contributed by atoms with Crippen molar-refractivity contribution in [1.82, 2.24) is 9.97 Å². The summed E-state index contributed by atoms with van der Waals surface area (Å²) >= 11 is 7.47. The van der Waals surface area contributed by atoms with Crippen molar-refractivity contribution in [2.45, 2.75) is 72.3 Å². The Morgan fingerprint density at radius 1 is 0.500 bits per heavy atom. The van der Waals surface area contributed by atoms with Crippen molar-refractivity contribution in [2.24, 2.45) is 0 Å². The minimum Gasteiger partial charge on any atom is -0.255 e. The molecule has 0 amide bonds. The Labute approximate surface area is 290 Å². The van der Waals surface area contributed by atoms with Gasteiger partial charge in [-0.15, -0.1) is 46.2 Å². The molecule has 2 nitrogen and oxygen atoms in total. The molecule has 0 aliphatic rings. The fraction of sp³-hybridized carbons (Fsp3) is 0.250. The number of thioether (sulfide) groups is 2. The molecule has 0 N–H and O–H groups in total. The highest BCUT2D eigenvalue weighted by molar-refractivity contribution is 8.00. The molecule has 0 aliphatic heterocycles. The van der Waals surface area contributed by atoms with Crippen molar-refractivity contribution in [3.05, 3.63) is 132 Å². The van der Waals surface area contributed by atoms with Crippen LogP contribution in [-0.4, -0.2) is 9.97 Å². The van der Waals surface area contributed by atoms with E-state index in [0.717, 1.165) is 22.9 Å². The molecule has 6 heteroatoms. The highest BCUT2D eigenvalue weighted by Crippen LogP contribution is 2.38. The number of hydrogen-bond donors (Lipinski definition) is 0. The van der Waals surface area contributed by atoms with Crippen LogP contribution < -0.4 is 0 Å². The standard InChI is InChI=1S/C40H40N2S4/c1-39(2,3)31-11-7-27(8-12-31)25-43-37-17-15-35(45-37)29-19-21-41-33(23-29)34-24-30(20-22-42-34)36-16-18-38(46-36)44-26-28-9-13-32(14-10-28)40(4,5)6/h7-24H,25-26H2,1-6H3. The van der Waals surface area contributed by atoms with Gasteiger partial charge in [0.15, 0.2) is 0 Å². The van der Waals surface area contributed by atoms with E-state index in [0.29, 0.717) is 0 Å². The van der Waals surface area contributed by atoms with Crippen molar-refractivity contribution in [1.29, 1.82) is 0 Å². The zero-order valence-corrected chi connectivity index (χ0v) is 30.6. The second-order valence-electron chi connectivity index (χ2n) is 13.6. The molecule has 0 bridgehead atoms. The topological polar surface area (TPSA) is 25.8 Å². The van der Waals surface area contributed by atoms with Crippen molar-refractivity contribution in [3.63, 3.8) is 0 Å². The SMILES string of the molecule is CC(C)(C)c1ccc(CSc2ccc(-c3ccnc(-c4cc(-c5ccc(SCc6ccc(C(C)(C)C)cc6)s5)ccn4)c3)s2)cc1. The Balaban J connectivity index is 1.10. The van der Waals surface area contributed by atoms with Gasteiger partial charge in [0.25, 0.3) is 0 Å². The average molecular weight is 677 g/mol. The molecule has 0 radical (unpaired) electrons. The monoisotopic (exact) mass is 676 g/mol. The molecule has 0 spiro atoms. The van der Waals surface area contributed by atoms with Crippen molar-refractivity contribution in [2.75, 3.05) is 0 Å². The van der Waals surface area contributed by atoms with E-state index in [4.69, 9.17) is 9.97 Å². The first-order chi connectivity index (χ1) is 22.0. The molecule has 0 saturated carbocycles. The van der Waals surface area contributed by atoms with Crippen LogP contribution in [0.15, 0.2) is 118 Å². The van der Waals surface area contributed by atoms with Crippen LogP contribution in [0.2, 0.25) is 0 Å². The minimum atomic E-state index is 0.182. The quantitative estimate of drug-likeness (QED) is 0.142. The summed E-state index contributed by atoms with van der Waals surface area (Å²) in [4.78, 5) is 11.9. The van der Waals surface area contributed by atoms with E-state index < -0.39 is 0 Å². The summed E-state index contributed by atoms with van der Waals surface area (Å²) < 4.78 is 2.64. The predicted octanol–water partition coefficient (Wildman–Crippen LogP) is 12.8. The second-order valence-corrected chi connectivity index (χ2v) is 18.3. The number of aromatic nitrogens is 2. The third-order valence-corrected chi connectivity index (χ3v) is 12.8. The van der Waals surface area contributed by atoms with Crippen molar-refractivity contribution < 1.29 is 0 Å². The molecular weight excluding hydrogens is 637 g/mol. The summed E-state index contributed by atoms with van der Waals surface area (Å²) in [5, 5.41) is 0. The summed E-state index contributed by atoms with van der Waals surface area (Å²) in [5.41, 5.74) is 9.96. The van der Waals surface area contributed by atoms with Gasteiger partial charge >= 0.3 is 0 Å². The molecule has 0 aliphatic carbocycles. The third kappa shape index (κ3) is 8.21. The van der Waals surface area contributed by atoms with Crippen LogP contribution in [0, 0.1) is 0 Å². The molecule has 2 aromatic carbocycles. The molecule has 6 aromatic rings. The highest BCUT2D eigenvalue weighted by atomic mass is 32.2. The fourth-order valence-corrected chi connectivity index (χ4v) is 9.23. The number of thiophene rings is 2. The lowest BCUT2D eigenvalue weighted by Gasteiger charge is -2.19. The second kappa shape index (κ2) is 13.9. The summed E-state index contributed by atoms with van der Waals surface area (Å²) in [7, 11) is 0. The van der Waals surface area contributed by atoms with E-state index in [-0.39, 0.29) is 10.8 Å². The Morgan fingerprint density at radius 2 is 0.891 bits per heavy atom. The van der Waals surface area contributed by atoms with E-state index in [1.54, 1.807) is 0 Å². The third-order valence-electron chi connectivity index (χ3n) is 7.92. The lowest BCUT2D eigenvalue weighted by molar-refractivity contribution is 0.590. The normalized spacial score (nSPS) is 12.0. The van der Waals surface area contributed by atoms with Gasteiger partial charge in [0.05, 0.1) is 19.8 Å². The van der Waals surface area contributed by atoms with Gasteiger partial charge in [0.2, 0.25) is 0 Å². The maximum absolute atomic E-state index is 4.70. The number of pyridine rings is 2. The largest absolute Gasteiger partial charge is 0.255 e. The van der Waals surface area contributed by atoms with Gasteiger partial charge in [0.1, 0.15) is 0 Å². The Bertz CT molecular complexity index is 1760. The zero-order valence-electron chi connectivity index (χ0n) is 27.3. The van der Waals surface area contributed by atoms with Gasteiger partial charge in [-0.1, -0.05) is 90.1 Å². The molecule has 4 heterocycles. The van der Waals surface area contributed by atoms with Crippen LogP contribution in [0.25, 0.3) is 32.3 Å². The van der Waals surface area contributed by atoms with Crippen LogP contribution in [0.5, 0.6) is 0 Å². The minimum absolute atomic E-state index is 0.182. The molecule has 0 fully saturated rings. The molecule has 0 saturated heterocycles. The Hall–Kier alpha value is -3.16. The van der Waals surface area contributed by atoms with E-state index in [9.17, 15) is 0 Å². The smallest absolute Gasteiger partial charge is 0.0892 e. The molecular formula is C40H40N2S4. The first kappa shape index (κ1) is 32.8. The van der Waals surface area contributed by atoms with Gasteiger partial charge < -0.3 is 0 Å². The molecule has 6 rings (SSSR count). The van der Waals surface area contributed by atoms with Gasteiger partial charge in [0, 0.05) is 33.7 Å². The summed E-state index contributed by atoms with van der Waals surface area (Å²) in [5.74, 6) is 1.94. The Morgan fingerprint density at radius 3 is 1.26 bits per heavy atom. The summed E-state index contributed by atoms with van der Waals surface area (Å²) in [6.45, 7) is 13.6. The maximum atomic E-state index is 4.70. The van der Waals surface area contributed by atoms with Crippen molar-refractivity contribution >= 4 is 46.2 Å². The highest BCUT2D eigenvalue weighted by Gasteiger charge is 2.15. The number of benzene rings is 2. The number of rotatable bonds is 9. The first-order valence-corrected chi connectivity index (χ1v) is 19.2. The summed E-state index contributed by atoms with van der Waals surface area (Å²) in [6.07, 6.45) is 3.80. The van der Waals surface area contributed by atoms with Crippen LogP contribution in [0.4, 0.5) is 0 Å². The average Bonchev–Trinajstić information content (AvgIpc) is 3.73. The molecule has 234 valence electrons. The number of nitrogens with zero attached hydrogens (tertiary/aromatic N) is 2. The van der Waals surface area contributed by atoms with Crippen LogP contribution >= 0.6 is 46.2 Å². The van der Waals surface area contributed by atoms with Crippen LogP contribution in [0.1, 0.15) is 63.8 Å². The van der Waals surface area contributed by atoms with E-state index in [1.165, 1.54) is 51.6 Å². The fourth-order valence-electron chi connectivity index (χ4n) is 5.06. The van der Waals surface area contributed by atoms with Gasteiger partial charge in [-0.25, -0.2) is 0 Å². The van der Waals surface area contributed by atoms with Gasteiger partial charge in [-0.3, -0.25) is 9.97 Å². The lowest BCUT2D eigenvalue weighted by Crippen LogP contribution is -2.10. The molecule has 0 atom stereocenters. The summed E-state index contributed by atoms with van der Waals surface area (Å²) in [6, 6.07) is 35.6. The van der Waals surface area contributed by atoms with E-state index in [1.807, 2.05) is 58.6 Å².